The number of hydrogen-bond acceptors (Lipinski definition) is 4. The molecule has 1 aromatic rings. The van der Waals surface area contributed by atoms with Crippen molar-refractivity contribution in [3.63, 3.8) is 0 Å². The Bertz CT molecular complexity index is 725. The van der Waals surface area contributed by atoms with E-state index >= 15 is 0 Å². The highest BCUT2D eigenvalue weighted by Crippen LogP contribution is 2.28. The van der Waals surface area contributed by atoms with Gasteiger partial charge in [-0.25, -0.2) is 8.42 Å². The molecule has 2 aliphatic rings. The average molecular weight is 380 g/mol. The van der Waals surface area contributed by atoms with Gasteiger partial charge in [-0.3, -0.25) is 4.79 Å². The first-order valence-corrected chi connectivity index (χ1v) is 11.0. The minimum Gasteiger partial charge on any atom is -0.325 e. The predicted octanol–water partition coefficient (Wildman–Crippen LogP) is 2.58. The van der Waals surface area contributed by atoms with Crippen molar-refractivity contribution in [3.8, 4) is 0 Å². The van der Waals surface area contributed by atoms with Crippen molar-refractivity contribution in [1.82, 2.24) is 9.62 Å². The fraction of sp³-hybridized carbons (Fsp3) is 0.632. The number of benzene rings is 1. The van der Waals surface area contributed by atoms with Crippen molar-refractivity contribution in [2.45, 2.75) is 55.9 Å². The lowest BCUT2D eigenvalue weighted by molar-refractivity contribution is -0.115. The van der Waals surface area contributed by atoms with Crippen molar-refractivity contribution in [2.75, 3.05) is 25.5 Å². The molecule has 0 unspecified atom stereocenters. The predicted molar refractivity (Wildman–Crippen MR) is 102 cm³/mol. The van der Waals surface area contributed by atoms with Crippen LogP contribution in [0.2, 0.25) is 0 Å². The van der Waals surface area contributed by atoms with Crippen LogP contribution >= 0.6 is 0 Å². The summed E-state index contributed by atoms with van der Waals surface area (Å²) < 4.78 is 27.4. The molecule has 2 aliphatic carbocycles. The molecule has 0 aliphatic heterocycles. The standard InChI is InChI=1S/C19H29N3O3S/c1-22(17-7-3-2-4-8-17)26(24,25)18-9-5-6-16(12-18)21-19(23)14-20-13-15-10-11-15/h5-6,9,12,15,17,20H,2-4,7-8,10-11,13-14H2,1H3,(H,21,23). The molecule has 144 valence electrons. The van der Waals surface area contributed by atoms with Crippen molar-refractivity contribution in [1.29, 1.82) is 0 Å². The van der Waals surface area contributed by atoms with Gasteiger partial charge >= 0.3 is 0 Å². The van der Waals surface area contributed by atoms with Gasteiger partial charge in [0.15, 0.2) is 0 Å². The number of amides is 1. The Morgan fingerprint density at radius 1 is 1.15 bits per heavy atom. The maximum absolute atomic E-state index is 12.9. The van der Waals surface area contributed by atoms with Gasteiger partial charge in [-0.15, -0.1) is 0 Å². The van der Waals surface area contributed by atoms with E-state index in [2.05, 4.69) is 10.6 Å². The van der Waals surface area contributed by atoms with E-state index in [4.69, 9.17) is 0 Å². The van der Waals surface area contributed by atoms with Gasteiger partial charge in [0.25, 0.3) is 0 Å². The topological polar surface area (TPSA) is 78.5 Å². The Balaban J connectivity index is 1.62. The highest BCUT2D eigenvalue weighted by atomic mass is 32.2. The van der Waals surface area contributed by atoms with Crippen LogP contribution in [0.3, 0.4) is 0 Å². The van der Waals surface area contributed by atoms with Crippen LogP contribution in [0, 0.1) is 5.92 Å². The molecule has 0 aromatic heterocycles. The van der Waals surface area contributed by atoms with Crippen LogP contribution in [0.4, 0.5) is 5.69 Å². The molecule has 0 spiro atoms. The van der Waals surface area contributed by atoms with Crippen molar-refractivity contribution < 1.29 is 13.2 Å². The Hall–Kier alpha value is -1.44. The lowest BCUT2D eigenvalue weighted by Crippen LogP contribution is -2.38. The van der Waals surface area contributed by atoms with E-state index in [1.807, 2.05) is 0 Å². The summed E-state index contributed by atoms with van der Waals surface area (Å²) in [5.41, 5.74) is 0.515. The third-order valence-electron chi connectivity index (χ3n) is 5.30. The summed E-state index contributed by atoms with van der Waals surface area (Å²) in [6.45, 7) is 1.11. The first kappa shape index (κ1) is 19.3. The summed E-state index contributed by atoms with van der Waals surface area (Å²) in [6.07, 6.45) is 7.65. The van der Waals surface area contributed by atoms with Crippen molar-refractivity contribution >= 4 is 21.6 Å². The lowest BCUT2D eigenvalue weighted by atomic mass is 9.96. The molecule has 6 nitrogen and oxygen atoms in total. The number of carbonyl (C=O) groups excluding carboxylic acids is 1. The fourth-order valence-corrected chi connectivity index (χ4v) is 4.92. The third-order valence-corrected chi connectivity index (χ3v) is 7.21. The van der Waals surface area contributed by atoms with E-state index in [0.29, 0.717) is 11.6 Å². The van der Waals surface area contributed by atoms with Gasteiger partial charge in [0.2, 0.25) is 15.9 Å². The third kappa shape index (κ3) is 5.05. The maximum atomic E-state index is 12.9. The van der Waals surface area contributed by atoms with E-state index in [9.17, 15) is 13.2 Å². The van der Waals surface area contributed by atoms with Crippen LogP contribution in [-0.4, -0.2) is 44.8 Å². The Labute approximate surface area is 156 Å². The fourth-order valence-electron chi connectivity index (χ4n) is 3.46. The average Bonchev–Trinajstić information content (AvgIpc) is 3.46. The molecule has 3 rings (SSSR count). The Morgan fingerprint density at radius 3 is 2.58 bits per heavy atom. The summed E-state index contributed by atoms with van der Waals surface area (Å²) in [5.74, 6) is 0.562. The van der Waals surface area contributed by atoms with Gasteiger partial charge < -0.3 is 10.6 Å². The van der Waals surface area contributed by atoms with Gasteiger partial charge in [0.1, 0.15) is 0 Å². The first-order chi connectivity index (χ1) is 12.5. The summed E-state index contributed by atoms with van der Waals surface area (Å²) in [4.78, 5) is 12.3. The van der Waals surface area contributed by atoms with Crippen LogP contribution in [0.5, 0.6) is 0 Å². The minimum absolute atomic E-state index is 0.0682. The number of anilines is 1. The second-order valence-electron chi connectivity index (χ2n) is 7.46. The number of sulfonamides is 1. The van der Waals surface area contributed by atoms with Crippen molar-refractivity contribution in [2.24, 2.45) is 5.92 Å². The van der Waals surface area contributed by atoms with Gasteiger partial charge in [0.05, 0.1) is 11.4 Å². The largest absolute Gasteiger partial charge is 0.325 e. The second-order valence-corrected chi connectivity index (χ2v) is 9.46. The molecule has 7 heteroatoms. The van der Waals surface area contributed by atoms with Crippen LogP contribution in [0.15, 0.2) is 29.2 Å². The van der Waals surface area contributed by atoms with Crippen LogP contribution in [0.1, 0.15) is 44.9 Å². The zero-order valence-electron chi connectivity index (χ0n) is 15.4. The van der Waals surface area contributed by atoms with E-state index < -0.39 is 10.0 Å². The van der Waals surface area contributed by atoms with Gasteiger partial charge in [-0.2, -0.15) is 4.31 Å². The number of nitrogens with zero attached hydrogens (tertiary/aromatic N) is 1. The number of carbonyl (C=O) groups is 1. The lowest BCUT2D eigenvalue weighted by Gasteiger charge is -2.30. The summed E-state index contributed by atoms with van der Waals surface area (Å²) in [7, 11) is -1.89. The number of nitrogens with one attached hydrogen (secondary N) is 2. The second kappa shape index (κ2) is 8.50. The molecule has 0 bridgehead atoms. The molecule has 1 aromatic carbocycles. The number of rotatable bonds is 8. The summed E-state index contributed by atoms with van der Waals surface area (Å²) in [6, 6.07) is 6.61. The molecule has 2 fully saturated rings. The van der Waals surface area contributed by atoms with E-state index in [1.165, 1.54) is 23.6 Å². The monoisotopic (exact) mass is 379 g/mol. The minimum atomic E-state index is -3.55. The van der Waals surface area contributed by atoms with Gasteiger partial charge in [-0.05, 0) is 56.3 Å². The van der Waals surface area contributed by atoms with Gasteiger partial charge in [0, 0.05) is 18.8 Å². The molecule has 2 saturated carbocycles. The molecule has 0 heterocycles. The highest BCUT2D eigenvalue weighted by Gasteiger charge is 2.29. The van der Waals surface area contributed by atoms with Gasteiger partial charge in [-0.1, -0.05) is 25.3 Å². The Kier molecular flexibility index (Phi) is 6.32. The normalized spacial score (nSPS) is 18.8. The molecule has 0 atom stereocenters. The van der Waals surface area contributed by atoms with Crippen LogP contribution in [0.25, 0.3) is 0 Å². The SMILES string of the molecule is CN(C1CCCCC1)S(=O)(=O)c1cccc(NC(=O)CNCC2CC2)c1. The zero-order chi connectivity index (χ0) is 18.6. The highest BCUT2D eigenvalue weighted by molar-refractivity contribution is 7.89. The molecule has 0 radical (unpaired) electrons. The molecule has 2 N–H and O–H groups in total. The Morgan fingerprint density at radius 2 is 1.88 bits per heavy atom. The summed E-state index contributed by atoms with van der Waals surface area (Å²) in [5, 5.41) is 5.92. The van der Waals surface area contributed by atoms with E-state index in [1.54, 1.807) is 31.3 Å². The molecular formula is C19H29N3O3S. The van der Waals surface area contributed by atoms with Crippen LogP contribution < -0.4 is 10.6 Å². The quantitative estimate of drug-likeness (QED) is 0.728. The smallest absolute Gasteiger partial charge is 0.243 e. The zero-order valence-corrected chi connectivity index (χ0v) is 16.2. The van der Waals surface area contributed by atoms with E-state index in [0.717, 1.165) is 32.2 Å². The maximum Gasteiger partial charge on any atom is 0.243 e. The molecular weight excluding hydrogens is 350 g/mol. The molecule has 1 amide bonds. The van der Waals surface area contributed by atoms with E-state index in [-0.39, 0.29) is 23.4 Å². The van der Waals surface area contributed by atoms with Crippen LogP contribution in [-0.2, 0) is 14.8 Å². The summed E-state index contributed by atoms with van der Waals surface area (Å²) >= 11 is 0. The molecule has 26 heavy (non-hydrogen) atoms. The van der Waals surface area contributed by atoms with Crippen molar-refractivity contribution in [3.05, 3.63) is 24.3 Å². The number of hydrogen-bond donors (Lipinski definition) is 2. The first-order valence-electron chi connectivity index (χ1n) is 9.55. The molecule has 0 saturated heterocycles.